The number of aromatic nitrogens is 3. The zero-order valence-corrected chi connectivity index (χ0v) is 18.2. The number of H-pyrrole nitrogens is 1. The van der Waals surface area contributed by atoms with Crippen molar-refractivity contribution in [1.29, 1.82) is 0 Å². The highest BCUT2D eigenvalue weighted by Crippen LogP contribution is 2.26. The van der Waals surface area contributed by atoms with E-state index in [1.54, 1.807) is 22.9 Å². The maximum atomic E-state index is 6.18. The van der Waals surface area contributed by atoms with Gasteiger partial charge in [-0.05, 0) is 54.5 Å². The van der Waals surface area contributed by atoms with Crippen LogP contribution in [0, 0.1) is 4.77 Å². The van der Waals surface area contributed by atoms with Gasteiger partial charge in [-0.1, -0.05) is 47.8 Å². The standard InChI is InChI=1S/C19H19Cl3N4OS/c1-2-3-18-24-25-19(28)26(18)23-10-13-9-14(20)5-7-17(13)27-11-12-4-6-15(21)16(22)8-12/h4-9,23H,2-3,10-11H2,1H3,(H,25,28). The first-order chi connectivity index (χ1) is 13.5. The van der Waals surface area contributed by atoms with Crippen LogP contribution >= 0.6 is 47.0 Å². The predicted molar refractivity (Wildman–Crippen MR) is 117 cm³/mol. The number of ether oxygens (including phenoxy) is 1. The van der Waals surface area contributed by atoms with Crippen LogP contribution in [0.15, 0.2) is 36.4 Å². The van der Waals surface area contributed by atoms with Gasteiger partial charge >= 0.3 is 0 Å². The van der Waals surface area contributed by atoms with Crippen molar-refractivity contribution in [3.8, 4) is 5.75 Å². The molecule has 0 saturated heterocycles. The van der Waals surface area contributed by atoms with Gasteiger partial charge in [0.1, 0.15) is 12.4 Å². The molecule has 3 rings (SSSR count). The van der Waals surface area contributed by atoms with E-state index in [9.17, 15) is 0 Å². The minimum absolute atomic E-state index is 0.359. The van der Waals surface area contributed by atoms with Crippen molar-refractivity contribution in [3.05, 3.63) is 73.2 Å². The van der Waals surface area contributed by atoms with E-state index in [1.807, 2.05) is 18.2 Å². The number of nitrogens with zero attached hydrogens (tertiary/aromatic N) is 2. The van der Waals surface area contributed by atoms with Gasteiger partial charge in [0.2, 0.25) is 4.77 Å². The Kier molecular flexibility index (Phi) is 7.24. The summed E-state index contributed by atoms with van der Waals surface area (Å²) in [6.45, 7) is 2.92. The van der Waals surface area contributed by atoms with Crippen molar-refractivity contribution in [2.75, 3.05) is 5.43 Å². The lowest BCUT2D eigenvalue weighted by Crippen LogP contribution is -2.18. The summed E-state index contributed by atoms with van der Waals surface area (Å²) >= 11 is 23.5. The van der Waals surface area contributed by atoms with E-state index in [2.05, 4.69) is 22.5 Å². The molecular formula is C19H19Cl3N4OS. The molecule has 28 heavy (non-hydrogen) atoms. The molecule has 0 unspecified atom stereocenters. The molecule has 0 saturated carbocycles. The molecule has 0 aliphatic carbocycles. The van der Waals surface area contributed by atoms with Gasteiger partial charge in [-0.15, -0.1) is 0 Å². The van der Waals surface area contributed by atoms with Crippen molar-refractivity contribution < 1.29 is 4.74 Å². The van der Waals surface area contributed by atoms with Crippen LogP contribution in [0.25, 0.3) is 0 Å². The minimum Gasteiger partial charge on any atom is -0.489 e. The lowest BCUT2D eigenvalue weighted by Gasteiger charge is -2.15. The second-order valence-electron chi connectivity index (χ2n) is 6.15. The molecule has 0 aliphatic rings. The highest BCUT2D eigenvalue weighted by molar-refractivity contribution is 7.71. The average Bonchev–Trinajstić information content (AvgIpc) is 3.02. The van der Waals surface area contributed by atoms with Gasteiger partial charge in [0.05, 0.1) is 16.6 Å². The van der Waals surface area contributed by atoms with Crippen LogP contribution in [0.2, 0.25) is 15.1 Å². The van der Waals surface area contributed by atoms with Crippen LogP contribution < -0.4 is 10.2 Å². The normalized spacial score (nSPS) is 10.9. The molecule has 9 heteroatoms. The number of rotatable bonds is 8. The van der Waals surface area contributed by atoms with E-state index >= 15 is 0 Å². The van der Waals surface area contributed by atoms with Gasteiger partial charge in [-0.3, -0.25) is 5.10 Å². The van der Waals surface area contributed by atoms with Crippen LogP contribution in [0.1, 0.15) is 30.3 Å². The Morgan fingerprint density at radius 2 is 1.96 bits per heavy atom. The SMILES string of the molecule is CCCc1n[nH]c(=S)n1NCc1cc(Cl)ccc1OCc1ccc(Cl)c(Cl)c1. The van der Waals surface area contributed by atoms with Crippen molar-refractivity contribution in [2.24, 2.45) is 0 Å². The molecule has 5 nitrogen and oxygen atoms in total. The molecule has 148 valence electrons. The number of halogens is 3. The second kappa shape index (κ2) is 9.65. The summed E-state index contributed by atoms with van der Waals surface area (Å²) in [5, 5.41) is 8.71. The second-order valence-corrected chi connectivity index (χ2v) is 7.79. The van der Waals surface area contributed by atoms with Gasteiger partial charge < -0.3 is 10.2 Å². The van der Waals surface area contributed by atoms with Crippen LogP contribution in [0.5, 0.6) is 5.75 Å². The number of aromatic amines is 1. The number of nitrogens with one attached hydrogen (secondary N) is 2. The van der Waals surface area contributed by atoms with Gasteiger partial charge in [0.15, 0.2) is 5.82 Å². The van der Waals surface area contributed by atoms with E-state index in [1.165, 1.54) is 0 Å². The summed E-state index contributed by atoms with van der Waals surface area (Å²) in [5.74, 6) is 1.57. The Balaban J connectivity index is 1.74. The van der Waals surface area contributed by atoms with Crippen molar-refractivity contribution in [3.63, 3.8) is 0 Å². The first-order valence-electron chi connectivity index (χ1n) is 8.73. The molecule has 0 fully saturated rings. The monoisotopic (exact) mass is 456 g/mol. The third-order valence-electron chi connectivity index (χ3n) is 4.04. The zero-order chi connectivity index (χ0) is 20.1. The fourth-order valence-electron chi connectivity index (χ4n) is 2.67. The molecule has 0 amide bonds. The Bertz CT molecular complexity index is 1020. The predicted octanol–water partition coefficient (Wildman–Crippen LogP) is 6.18. The molecule has 1 aromatic heterocycles. The van der Waals surface area contributed by atoms with Crippen molar-refractivity contribution in [1.82, 2.24) is 14.9 Å². The molecule has 1 heterocycles. The van der Waals surface area contributed by atoms with Gasteiger partial charge in [-0.25, -0.2) is 4.68 Å². The highest BCUT2D eigenvalue weighted by Gasteiger charge is 2.09. The smallest absolute Gasteiger partial charge is 0.214 e. The molecule has 2 aromatic carbocycles. The van der Waals surface area contributed by atoms with E-state index < -0.39 is 0 Å². The molecule has 0 radical (unpaired) electrons. The number of hydrogen-bond donors (Lipinski definition) is 2. The lowest BCUT2D eigenvalue weighted by molar-refractivity contribution is 0.303. The Labute approximate surface area is 183 Å². The van der Waals surface area contributed by atoms with Gasteiger partial charge in [0, 0.05) is 17.0 Å². The zero-order valence-electron chi connectivity index (χ0n) is 15.1. The Morgan fingerprint density at radius 3 is 2.71 bits per heavy atom. The third kappa shape index (κ3) is 5.20. The van der Waals surface area contributed by atoms with E-state index in [4.69, 9.17) is 51.8 Å². The highest BCUT2D eigenvalue weighted by atomic mass is 35.5. The van der Waals surface area contributed by atoms with Crippen LogP contribution in [0.4, 0.5) is 0 Å². The van der Waals surface area contributed by atoms with Gasteiger partial charge in [-0.2, -0.15) is 5.10 Å². The van der Waals surface area contributed by atoms with E-state index in [0.717, 1.165) is 35.5 Å². The fourth-order valence-corrected chi connectivity index (χ4v) is 3.40. The average molecular weight is 458 g/mol. The number of aryl methyl sites for hydroxylation is 1. The molecule has 2 N–H and O–H groups in total. The molecule has 0 aliphatic heterocycles. The van der Waals surface area contributed by atoms with Crippen molar-refractivity contribution in [2.45, 2.75) is 32.9 Å². The summed E-state index contributed by atoms with van der Waals surface area (Å²) in [4.78, 5) is 0. The largest absolute Gasteiger partial charge is 0.489 e. The molecule has 0 bridgehead atoms. The van der Waals surface area contributed by atoms with Gasteiger partial charge in [0.25, 0.3) is 0 Å². The first kappa shape index (κ1) is 21.0. The van der Waals surface area contributed by atoms with E-state index in [-0.39, 0.29) is 0 Å². The number of benzene rings is 2. The van der Waals surface area contributed by atoms with Crippen LogP contribution in [0.3, 0.4) is 0 Å². The summed E-state index contributed by atoms with van der Waals surface area (Å²) < 4.78 is 8.29. The number of hydrogen-bond acceptors (Lipinski definition) is 4. The third-order valence-corrected chi connectivity index (χ3v) is 5.29. The molecular weight excluding hydrogens is 439 g/mol. The quantitative estimate of drug-likeness (QED) is 0.397. The minimum atomic E-state index is 0.359. The topological polar surface area (TPSA) is 54.9 Å². The first-order valence-corrected chi connectivity index (χ1v) is 10.3. The van der Waals surface area contributed by atoms with Crippen molar-refractivity contribution >= 4 is 47.0 Å². The summed E-state index contributed by atoms with van der Waals surface area (Å²) in [5.41, 5.74) is 5.11. The maximum Gasteiger partial charge on any atom is 0.214 e. The molecule has 0 atom stereocenters. The lowest BCUT2D eigenvalue weighted by atomic mass is 10.2. The Hall–Kier alpha value is -1.73. The molecule has 0 spiro atoms. The molecule has 3 aromatic rings. The van der Waals surface area contributed by atoms with Crippen LogP contribution in [-0.4, -0.2) is 14.9 Å². The summed E-state index contributed by atoms with van der Waals surface area (Å²) in [6, 6.07) is 10.9. The fraction of sp³-hybridized carbons (Fsp3) is 0.263. The summed E-state index contributed by atoms with van der Waals surface area (Å²) in [7, 11) is 0. The maximum absolute atomic E-state index is 6.18. The summed E-state index contributed by atoms with van der Waals surface area (Å²) in [6.07, 6.45) is 1.78. The van der Waals surface area contributed by atoms with E-state index in [0.29, 0.717) is 33.0 Å². The van der Waals surface area contributed by atoms with Crippen LogP contribution in [-0.2, 0) is 19.6 Å². The Morgan fingerprint density at radius 1 is 1.14 bits per heavy atom.